The van der Waals surface area contributed by atoms with Crippen LogP contribution >= 0.6 is 0 Å². The number of fused-ring (bicyclic) bond motifs is 2. The van der Waals surface area contributed by atoms with E-state index in [2.05, 4.69) is 10.9 Å². The molecule has 4 rings (SSSR count). The molecule has 0 aliphatic carbocycles. The zero-order chi connectivity index (χ0) is 19.7. The van der Waals surface area contributed by atoms with Gasteiger partial charge in [-0.1, -0.05) is 0 Å². The van der Waals surface area contributed by atoms with Crippen LogP contribution in [-0.2, 0) is 11.2 Å². The van der Waals surface area contributed by atoms with Gasteiger partial charge < -0.3 is 13.9 Å². The lowest BCUT2D eigenvalue weighted by Gasteiger charge is -2.18. The monoisotopic (exact) mass is 380 g/mol. The summed E-state index contributed by atoms with van der Waals surface area (Å²) in [6, 6.07) is 8.84. The molecule has 2 N–H and O–H groups in total. The van der Waals surface area contributed by atoms with Crippen molar-refractivity contribution < 1.29 is 23.5 Å². The van der Waals surface area contributed by atoms with E-state index in [4.69, 9.17) is 13.9 Å². The highest BCUT2D eigenvalue weighted by molar-refractivity contribution is 5.96. The van der Waals surface area contributed by atoms with Gasteiger partial charge in [0.25, 0.3) is 5.91 Å². The zero-order valence-electron chi connectivity index (χ0n) is 15.6. The van der Waals surface area contributed by atoms with Gasteiger partial charge in [-0.2, -0.15) is 0 Å². The van der Waals surface area contributed by atoms with Crippen LogP contribution in [0.25, 0.3) is 11.0 Å². The van der Waals surface area contributed by atoms with Crippen molar-refractivity contribution in [2.24, 2.45) is 0 Å². The number of carbonyl (C=O) groups excluding carboxylic acids is 2. The summed E-state index contributed by atoms with van der Waals surface area (Å²) in [6.07, 6.45) is 1.67. The third-order valence-corrected chi connectivity index (χ3v) is 4.74. The molecule has 0 saturated carbocycles. The predicted molar refractivity (Wildman–Crippen MR) is 102 cm³/mol. The summed E-state index contributed by atoms with van der Waals surface area (Å²) in [7, 11) is 0. The smallest absolute Gasteiger partial charge is 0.269 e. The van der Waals surface area contributed by atoms with Crippen molar-refractivity contribution in [1.82, 2.24) is 10.9 Å². The van der Waals surface area contributed by atoms with Gasteiger partial charge >= 0.3 is 0 Å². The molecule has 1 aliphatic rings. The second-order valence-corrected chi connectivity index (χ2v) is 6.73. The van der Waals surface area contributed by atoms with Crippen LogP contribution in [0, 0.1) is 13.8 Å². The Kier molecular flexibility index (Phi) is 4.65. The van der Waals surface area contributed by atoms with Crippen molar-refractivity contribution in [2.45, 2.75) is 20.3 Å². The van der Waals surface area contributed by atoms with E-state index in [1.54, 1.807) is 24.5 Å². The van der Waals surface area contributed by atoms with E-state index in [-0.39, 0.29) is 12.3 Å². The van der Waals surface area contributed by atoms with Crippen LogP contribution in [0.3, 0.4) is 0 Å². The average Bonchev–Trinajstić information content (AvgIpc) is 3.07. The number of carbonyl (C=O) groups is 2. The molecule has 0 atom stereocenters. The van der Waals surface area contributed by atoms with Gasteiger partial charge in [-0.3, -0.25) is 20.4 Å². The van der Waals surface area contributed by atoms with Crippen LogP contribution in [0.15, 0.2) is 41.0 Å². The second kappa shape index (κ2) is 7.26. The Morgan fingerprint density at radius 1 is 0.964 bits per heavy atom. The Bertz CT molecular complexity index is 1070. The maximum atomic E-state index is 12.3. The van der Waals surface area contributed by atoms with E-state index >= 15 is 0 Å². The summed E-state index contributed by atoms with van der Waals surface area (Å²) in [5.74, 6) is 0.339. The van der Waals surface area contributed by atoms with Gasteiger partial charge in [0.15, 0.2) is 11.5 Å². The molecule has 0 fully saturated rings. The molecule has 0 unspecified atom stereocenters. The van der Waals surface area contributed by atoms with E-state index in [0.717, 1.165) is 27.7 Å². The van der Waals surface area contributed by atoms with Crippen LogP contribution in [0.1, 0.15) is 27.0 Å². The summed E-state index contributed by atoms with van der Waals surface area (Å²) in [5, 5.41) is 0.899. The molecule has 28 heavy (non-hydrogen) atoms. The van der Waals surface area contributed by atoms with Gasteiger partial charge in [0, 0.05) is 16.5 Å². The van der Waals surface area contributed by atoms with Gasteiger partial charge in [0.2, 0.25) is 5.91 Å². The van der Waals surface area contributed by atoms with E-state index in [1.807, 2.05) is 26.0 Å². The summed E-state index contributed by atoms with van der Waals surface area (Å²) in [6.45, 7) is 4.94. The first kappa shape index (κ1) is 17.9. The third-order valence-electron chi connectivity index (χ3n) is 4.74. The van der Waals surface area contributed by atoms with E-state index in [9.17, 15) is 9.59 Å². The number of hydrogen-bond donors (Lipinski definition) is 2. The predicted octanol–water partition coefficient (Wildman–Crippen LogP) is 2.82. The summed E-state index contributed by atoms with van der Waals surface area (Å²) in [4.78, 5) is 24.6. The van der Waals surface area contributed by atoms with E-state index in [0.29, 0.717) is 30.3 Å². The van der Waals surface area contributed by atoms with Crippen molar-refractivity contribution in [1.29, 1.82) is 0 Å². The van der Waals surface area contributed by atoms with Gasteiger partial charge in [-0.25, -0.2) is 0 Å². The Morgan fingerprint density at radius 3 is 2.54 bits per heavy atom. The molecule has 2 aromatic carbocycles. The van der Waals surface area contributed by atoms with Crippen molar-refractivity contribution in [3.8, 4) is 11.5 Å². The molecule has 2 amide bonds. The number of benzene rings is 2. The number of amides is 2. The molecule has 7 heteroatoms. The molecule has 0 bridgehead atoms. The third kappa shape index (κ3) is 3.51. The first-order valence-electron chi connectivity index (χ1n) is 8.97. The fourth-order valence-corrected chi connectivity index (χ4v) is 3.07. The number of furan rings is 1. The lowest BCUT2D eigenvalue weighted by molar-refractivity contribution is -0.121. The minimum Gasteiger partial charge on any atom is -0.486 e. The maximum Gasteiger partial charge on any atom is 0.269 e. The largest absolute Gasteiger partial charge is 0.486 e. The highest BCUT2D eigenvalue weighted by Crippen LogP contribution is 2.30. The molecule has 0 saturated heterocycles. The number of ether oxygens (including phenoxy) is 2. The molecular weight excluding hydrogens is 360 g/mol. The number of hydrazine groups is 1. The van der Waals surface area contributed by atoms with Crippen LogP contribution in [-0.4, -0.2) is 25.0 Å². The molecule has 1 aromatic heterocycles. The number of rotatable bonds is 3. The number of nitrogens with one attached hydrogen (secondary N) is 2. The van der Waals surface area contributed by atoms with Gasteiger partial charge in [0.05, 0.1) is 12.7 Å². The van der Waals surface area contributed by atoms with Crippen molar-refractivity contribution in [3.05, 3.63) is 58.8 Å². The molecule has 0 spiro atoms. The molecule has 0 radical (unpaired) electrons. The van der Waals surface area contributed by atoms with Crippen molar-refractivity contribution in [2.75, 3.05) is 13.2 Å². The van der Waals surface area contributed by atoms with Gasteiger partial charge in [-0.05, 0) is 55.3 Å². The molecular formula is C21H20N2O5. The second-order valence-electron chi connectivity index (χ2n) is 6.73. The molecule has 3 aromatic rings. The van der Waals surface area contributed by atoms with Crippen LogP contribution in [0.5, 0.6) is 11.5 Å². The Balaban J connectivity index is 1.39. The quantitative estimate of drug-likeness (QED) is 0.682. The van der Waals surface area contributed by atoms with Gasteiger partial charge in [0.1, 0.15) is 18.8 Å². The molecule has 144 valence electrons. The molecule has 1 aliphatic heterocycles. The van der Waals surface area contributed by atoms with E-state index < -0.39 is 5.91 Å². The molecule has 7 nitrogen and oxygen atoms in total. The number of aryl methyl sites for hydroxylation is 2. The van der Waals surface area contributed by atoms with E-state index in [1.165, 1.54) is 0 Å². The van der Waals surface area contributed by atoms with Crippen LogP contribution in [0.4, 0.5) is 0 Å². The first-order chi connectivity index (χ1) is 13.5. The SMILES string of the molecule is Cc1cc2occ(CC(=O)NNC(=O)c3ccc4c(c3)OCCO4)c2cc1C. The van der Waals surface area contributed by atoms with Crippen molar-refractivity contribution in [3.63, 3.8) is 0 Å². The maximum absolute atomic E-state index is 12.3. The summed E-state index contributed by atoms with van der Waals surface area (Å²) >= 11 is 0. The minimum atomic E-state index is -0.436. The number of hydrogen-bond acceptors (Lipinski definition) is 5. The highest BCUT2D eigenvalue weighted by atomic mass is 16.6. The zero-order valence-corrected chi connectivity index (χ0v) is 15.6. The van der Waals surface area contributed by atoms with Gasteiger partial charge in [-0.15, -0.1) is 0 Å². The van der Waals surface area contributed by atoms with Crippen LogP contribution < -0.4 is 20.3 Å². The van der Waals surface area contributed by atoms with Crippen LogP contribution in [0.2, 0.25) is 0 Å². The normalized spacial score (nSPS) is 12.6. The fourth-order valence-electron chi connectivity index (χ4n) is 3.07. The summed E-state index contributed by atoms with van der Waals surface area (Å²) in [5.41, 5.74) is 8.99. The Morgan fingerprint density at radius 2 is 1.71 bits per heavy atom. The lowest BCUT2D eigenvalue weighted by Crippen LogP contribution is -2.42. The average molecular weight is 380 g/mol. The lowest BCUT2D eigenvalue weighted by atomic mass is 10.0. The highest BCUT2D eigenvalue weighted by Gasteiger charge is 2.16. The van der Waals surface area contributed by atoms with Crippen molar-refractivity contribution >= 4 is 22.8 Å². The topological polar surface area (TPSA) is 89.8 Å². The minimum absolute atomic E-state index is 0.0942. The Labute approximate surface area is 161 Å². The first-order valence-corrected chi connectivity index (χ1v) is 8.97. The fraction of sp³-hybridized carbons (Fsp3) is 0.238. The summed E-state index contributed by atoms with van der Waals surface area (Å²) < 4.78 is 16.4. The molecule has 2 heterocycles. The Hall–Kier alpha value is -3.48. The standard InChI is InChI=1S/C21H20N2O5/c1-12-7-16-15(11-28-18(16)8-13(12)2)10-20(24)22-23-21(25)14-3-4-17-19(9-14)27-6-5-26-17/h3-4,7-9,11H,5-6,10H2,1-2H3,(H,22,24)(H,23,25).